The van der Waals surface area contributed by atoms with Crippen LogP contribution in [0.5, 0.6) is 0 Å². The number of fused-ring (bicyclic) bond motifs is 1. The molecule has 1 aliphatic carbocycles. The number of benzene rings is 1. The number of aliphatic imine (C=N–C) groups is 2. The molecule has 4 N–H and O–H groups in total. The van der Waals surface area contributed by atoms with E-state index in [1.54, 1.807) is 11.6 Å². The zero-order valence-electron chi connectivity index (χ0n) is 19.9. The number of nitrogens with two attached hydrogens (primary N) is 1. The number of halogens is 1. The lowest BCUT2D eigenvalue weighted by Crippen LogP contribution is -2.52. The van der Waals surface area contributed by atoms with Crippen LogP contribution >= 0.6 is 0 Å². The highest BCUT2D eigenvalue weighted by atomic mass is 19.1. The van der Waals surface area contributed by atoms with Gasteiger partial charge in [0.1, 0.15) is 6.17 Å². The quantitative estimate of drug-likeness (QED) is 0.477. The number of allylic oxidation sites excluding steroid dienone is 3. The number of aromatic nitrogens is 2. The van der Waals surface area contributed by atoms with Gasteiger partial charge < -0.3 is 21.1 Å². The van der Waals surface area contributed by atoms with E-state index in [1.165, 1.54) is 0 Å². The number of nitrogens with zero attached hydrogens (tertiary/aromatic N) is 5. The molecule has 4 unspecified atom stereocenters. The molecule has 9 heteroatoms. The van der Waals surface area contributed by atoms with E-state index in [4.69, 9.17) is 16.1 Å². The van der Waals surface area contributed by atoms with Crippen molar-refractivity contribution in [2.45, 2.75) is 45.0 Å². The number of aryl methyl sites for hydroxylation is 1. The molecule has 0 saturated carbocycles. The summed E-state index contributed by atoms with van der Waals surface area (Å²) in [4.78, 5) is 10.9. The Morgan fingerprint density at radius 1 is 1.38 bits per heavy atom. The average molecular weight is 466 g/mol. The number of aliphatic hydroxyl groups excluding tert-OH is 1. The first-order chi connectivity index (χ1) is 16.2. The summed E-state index contributed by atoms with van der Waals surface area (Å²) >= 11 is 0. The molecule has 0 radical (unpaired) electrons. The Bertz CT molecular complexity index is 1210. The van der Waals surface area contributed by atoms with Crippen LogP contribution in [0.25, 0.3) is 16.5 Å². The van der Waals surface area contributed by atoms with Gasteiger partial charge in [0.15, 0.2) is 0 Å². The summed E-state index contributed by atoms with van der Waals surface area (Å²) in [5.41, 5.74) is 10.1. The lowest BCUT2D eigenvalue weighted by atomic mass is 9.83. The van der Waals surface area contributed by atoms with Gasteiger partial charge in [-0.3, -0.25) is 4.68 Å². The molecule has 0 spiro atoms. The summed E-state index contributed by atoms with van der Waals surface area (Å²) in [6.07, 6.45) is 2.62. The zero-order valence-corrected chi connectivity index (χ0v) is 19.9. The highest BCUT2D eigenvalue weighted by molar-refractivity contribution is 5.92. The molecule has 8 nitrogen and oxygen atoms in total. The third-order valence-corrected chi connectivity index (χ3v) is 6.75. The van der Waals surface area contributed by atoms with Gasteiger partial charge >= 0.3 is 0 Å². The second kappa shape index (κ2) is 9.60. The minimum atomic E-state index is -1.37. The predicted molar refractivity (Wildman–Crippen MR) is 135 cm³/mol. The van der Waals surface area contributed by atoms with E-state index in [9.17, 15) is 9.50 Å². The summed E-state index contributed by atoms with van der Waals surface area (Å²) in [5.74, 6) is -0.157. The van der Waals surface area contributed by atoms with Crippen molar-refractivity contribution in [3.8, 4) is 0 Å². The molecule has 1 fully saturated rings. The summed E-state index contributed by atoms with van der Waals surface area (Å²) < 4.78 is 16.7. The largest absolute Gasteiger partial charge is 0.390 e. The number of guanidine groups is 1. The van der Waals surface area contributed by atoms with Crippen molar-refractivity contribution in [2.24, 2.45) is 28.7 Å². The Morgan fingerprint density at radius 2 is 2.15 bits per heavy atom. The van der Waals surface area contributed by atoms with Crippen LogP contribution < -0.4 is 5.73 Å². The van der Waals surface area contributed by atoms with Crippen LogP contribution in [0.4, 0.5) is 4.39 Å². The van der Waals surface area contributed by atoms with Gasteiger partial charge in [-0.05, 0) is 48.9 Å². The minimum Gasteiger partial charge on any atom is -0.390 e. The summed E-state index contributed by atoms with van der Waals surface area (Å²) in [5, 5.41) is 23.7. The molecule has 4 rings (SSSR count). The molecule has 2 heterocycles. The Hall–Kier alpha value is -3.17. The maximum Gasteiger partial charge on any atom is 0.225 e. The Balaban J connectivity index is 1.84. The van der Waals surface area contributed by atoms with Crippen LogP contribution in [0, 0.1) is 11.3 Å². The number of hydrogen-bond acceptors (Lipinski definition) is 5. The number of rotatable bonds is 3. The van der Waals surface area contributed by atoms with E-state index in [1.807, 2.05) is 49.3 Å². The maximum absolute atomic E-state index is 14.9. The molecule has 1 aliphatic heterocycles. The van der Waals surface area contributed by atoms with Gasteiger partial charge in [-0.1, -0.05) is 19.1 Å². The average Bonchev–Trinajstić information content (AvgIpc) is 3.20. The normalized spacial score (nSPS) is 27.0. The van der Waals surface area contributed by atoms with Gasteiger partial charge in [0.25, 0.3) is 0 Å². The molecule has 2 aromatic rings. The molecule has 180 valence electrons. The van der Waals surface area contributed by atoms with Crippen molar-refractivity contribution in [2.75, 3.05) is 13.1 Å². The fourth-order valence-corrected chi connectivity index (χ4v) is 4.61. The predicted octanol–water partition coefficient (Wildman–Crippen LogP) is 3.08. The van der Waals surface area contributed by atoms with Gasteiger partial charge in [0, 0.05) is 55.8 Å². The number of hydrogen-bond donors (Lipinski definition) is 3. The fourth-order valence-electron chi connectivity index (χ4n) is 4.61. The number of likely N-dealkylation sites (tertiary alicyclic amines) is 1. The maximum atomic E-state index is 14.9. The second-order valence-electron chi connectivity index (χ2n) is 9.17. The number of aliphatic hydroxyl groups is 1. The topological polar surface area (TPSA) is 116 Å². The van der Waals surface area contributed by atoms with Crippen molar-refractivity contribution >= 4 is 34.9 Å². The molecule has 2 aliphatic rings. The lowest BCUT2D eigenvalue weighted by molar-refractivity contribution is 0.0827. The monoisotopic (exact) mass is 465 g/mol. The third kappa shape index (κ3) is 4.58. The van der Waals surface area contributed by atoms with Crippen molar-refractivity contribution < 1.29 is 9.50 Å². The van der Waals surface area contributed by atoms with Crippen molar-refractivity contribution in [3.63, 3.8) is 0 Å². The summed E-state index contributed by atoms with van der Waals surface area (Å²) in [6.45, 7) is 8.34. The van der Waals surface area contributed by atoms with Gasteiger partial charge in [-0.15, -0.1) is 0 Å². The highest BCUT2D eigenvalue weighted by Gasteiger charge is 2.32. The number of β-amino-alcohol motifs (C(OH)–C–C–N with tert-alkyl or cyclic N) is 1. The molecule has 0 amide bonds. The molecular weight excluding hydrogens is 433 g/mol. The first kappa shape index (κ1) is 24.0. The van der Waals surface area contributed by atoms with E-state index in [0.29, 0.717) is 31.2 Å². The van der Waals surface area contributed by atoms with Crippen LogP contribution in [-0.4, -0.2) is 69.6 Å². The lowest BCUT2D eigenvalue weighted by Gasteiger charge is -2.35. The van der Waals surface area contributed by atoms with E-state index >= 15 is 0 Å². The van der Waals surface area contributed by atoms with Crippen LogP contribution in [0.3, 0.4) is 0 Å². The highest BCUT2D eigenvalue weighted by Crippen LogP contribution is 2.36. The number of alkyl halides is 1. The van der Waals surface area contributed by atoms with Crippen molar-refractivity contribution in [1.29, 1.82) is 5.41 Å². The number of nitrogens with one attached hydrogen (secondary N) is 1. The zero-order chi connectivity index (χ0) is 24.6. The van der Waals surface area contributed by atoms with Gasteiger partial charge in [-0.2, -0.15) is 5.10 Å². The number of piperidine rings is 1. The first-order valence-electron chi connectivity index (χ1n) is 11.5. The van der Waals surface area contributed by atoms with Crippen LogP contribution in [0.2, 0.25) is 0 Å². The molecule has 1 saturated heterocycles. The van der Waals surface area contributed by atoms with Gasteiger partial charge in [-0.25, -0.2) is 14.4 Å². The van der Waals surface area contributed by atoms with Crippen LogP contribution in [0.1, 0.15) is 32.3 Å². The second-order valence-corrected chi connectivity index (χ2v) is 9.17. The SMILES string of the molecule is C=NC(=NC(C1=CCC(=N)C(F)C1C)=C(C)c1ccc2nn(C)cc2c1)N1CCC(N)C(O)C1. The van der Waals surface area contributed by atoms with Gasteiger partial charge in [0.2, 0.25) is 5.96 Å². The van der Waals surface area contributed by atoms with Crippen LogP contribution in [0.15, 0.2) is 51.7 Å². The molecule has 0 bridgehead atoms. The molecule has 1 aromatic heterocycles. The van der Waals surface area contributed by atoms with E-state index in [0.717, 1.165) is 27.6 Å². The Labute approximate surface area is 198 Å². The third-order valence-electron chi connectivity index (χ3n) is 6.75. The smallest absolute Gasteiger partial charge is 0.225 e. The minimum absolute atomic E-state index is 0.0734. The fraction of sp³-hybridized carbons (Fsp3) is 0.440. The molecule has 1 aromatic carbocycles. The Kier molecular flexibility index (Phi) is 6.77. The summed E-state index contributed by atoms with van der Waals surface area (Å²) in [6, 6.07) is 5.69. The molecular formula is C25H32FN7O. The molecule has 4 atom stereocenters. The first-order valence-corrected chi connectivity index (χ1v) is 11.5. The summed E-state index contributed by atoms with van der Waals surface area (Å²) in [7, 11) is 1.88. The van der Waals surface area contributed by atoms with Crippen LogP contribution in [-0.2, 0) is 7.05 Å². The van der Waals surface area contributed by atoms with E-state index in [2.05, 4.69) is 16.8 Å². The van der Waals surface area contributed by atoms with Crippen molar-refractivity contribution in [1.82, 2.24) is 14.7 Å². The van der Waals surface area contributed by atoms with Crippen molar-refractivity contribution in [3.05, 3.63) is 47.3 Å². The van der Waals surface area contributed by atoms with Gasteiger partial charge in [0.05, 0.1) is 17.3 Å². The van der Waals surface area contributed by atoms with E-state index in [-0.39, 0.29) is 18.2 Å². The standard InChI is InChI=1S/C25H32FN7O/c1-14(16-5-8-21-17(11-16)12-32(4)31-21)24(18-6-7-20(28)23(26)15(18)2)30-25(29-3)33-10-9-19(27)22(34)13-33/h5-6,8,11-12,15,19,22-23,28,34H,3,7,9-10,13,27H2,1-2,4H3. The Morgan fingerprint density at radius 3 is 2.85 bits per heavy atom. The van der Waals surface area contributed by atoms with E-state index < -0.39 is 18.2 Å². The molecule has 34 heavy (non-hydrogen) atoms.